The van der Waals surface area contributed by atoms with Gasteiger partial charge < -0.3 is 14.5 Å². The van der Waals surface area contributed by atoms with Crippen molar-refractivity contribution in [3.05, 3.63) is 58.6 Å². The van der Waals surface area contributed by atoms with Crippen molar-refractivity contribution in [2.45, 2.75) is 25.4 Å². The molecule has 4 rings (SSSR count). The highest BCUT2D eigenvalue weighted by atomic mass is 35.5. The van der Waals surface area contributed by atoms with E-state index in [1.54, 1.807) is 7.11 Å². The molecule has 2 fully saturated rings. The summed E-state index contributed by atoms with van der Waals surface area (Å²) < 4.78 is 5.31. The summed E-state index contributed by atoms with van der Waals surface area (Å²) in [5, 5.41) is 0.744. The first-order valence-corrected chi connectivity index (χ1v) is 10.4. The fourth-order valence-corrected chi connectivity index (χ4v) is 4.27. The fourth-order valence-electron chi connectivity index (χ4n) is 4.11. The van der Waals surface area contributed by atoms with Crippen LogP contribution in [0, 0.1) is 6.92 Å². The summed E-state index contributed by atoms with van der Waals surface area (Å²) in [6.45, 7) is 5.15. The molecule has 6 nitrogen and oxygen atoms in total. The number of halogens is 1. The predicted octanol–water partition coefficient (Wildman–Crippen LogP) is 2.91. The third kappa shape index (κ3) is 4.34. The number of benzene rings is 2. The van der Waals surface area contributed by atoms with E-state index in [0.717, 1.165) is 41.5 Å². The van der Waals surface area contributed by atoms with Crippen molar-refractivity contribution in [1.82, 2.24) is 15.8 Å². The number of carbonyl (C=O) groups excluding carboxylic acids is 1. The average Bonchev–Trinajstić information content (AvgIpc) is 3.25. The molecule has 2 aliphatic heterocycles. The number of hydrogen-bond donors (Lipinski definition) is 2. The van der Waals surface area contributed by atoms with Crippen LogP contribution in [0.4, 0.5) is 5.69 Å². The number of hydrogen-bond acceptors (Lipinski definition) is 5. The first-order chi connectivity index (χ1) is 14.0. The van der Waals surface area contributed by atoms with Crippen molar-refractivity contribution in [3.8, 4) is 5.75 Å². The maximum Gasteiger partial charge on any atom is 0.241 e. The highest BCUT2D eigenvalue weighted by Gasteiger charge is 2.34. The molecule has 0 bridgehead atoms. The maximum atomic E-state index is 13.0. The first kappa shape index (κ1) is 20.0. The van der Waals surface area contributed by atoms with Crippen molar-refractivity contribution >= 4 is 23.2 Å². The second-order valence-corrected chi connectivity index (χ2v) is 8.09. The van der Waals surface area contributed by atoms with Gasteiger partial charge in [0.2, 0.25) is 5.91 Å². The van der Waals surface area contributed by atoms with Crippen molar-refractivity contribution in [1.29, 1.82) is 0 Å². The van der Waals surface area contributed by atoms with Crippen LogP contribution in [0.2, 0.25) is 5.02 Å². The van der Waals surface area contributed by atoms with Gasteiger partial charge in [-0.3, -0.25) is 4.79 Å². The summed E-state index contributed by atoms with van der Waals surface area (Å²) in [6, 6.07) is 13.8. The van der Waals surface area contributed by atoms with Gasteiger partial charge >= 0.3 is 0 Å². The number of methoxy groups -OCH3 is 1. The van der Waals surface area contributed by atoms with Crippen LogP contribution in [-0.2, 0) is 4.79 Å². The van der Waals surface area contributed by atoms with Gasteiger partial charge in [-0.05, 0) is 48.7 Å². The van der Waals surface area contributed by atoms with Crippen molar-refractivity contribution < 1.29 is 9.53 Å². The van der Waals surface area contributed by atoms with Crippen LogP contribution in [0.15, 0.2) is 42.5 Å². The number of nitrogens with zero attached hydrogens (tertiary/aromatic N) is 2. The number of amides is 1. The molecule has 2 aliphatic rings. The number of hydrazine groups is 1. The molecule has 0 radical (unpaired) electrons. The highest BCUT2D eigenvalue weighted by Crippen LogP contribution is 2.28. The van der Waals surface area contributed by atoms with E-state index in [2.05, 4.69) is 28.7 Å². The molecule has 0 aromatic heterocycles. The second kappa shape index (κ2) is 8.61. The van der Waals surface area contributed by atoms with Gasteiger partial charge in [-0.2, -0.15) is 0 Å². The Labute approximate surface area is 176 Å². The number of rotatable bonds is 4. The fraction of sp³-hybridized carbons (Fsp3) is 0.409. The highest BCUT2D eigenvalue weighted by molar-refractivity contribution is 6.30. The van der Waals surface area contributed by atoms with Gasteiger partial charge in [0, 0.05) is 42.9 Å². The van der Waals surface area contributed by atoms with Gasteiger partial charge in [0.05, 0.1) is 7.11 Å². The lowest BCUT2D eigenvalue weighted by Gasteiger charge is -2.37. The van der Waals surface area contributed by atoms with E-state index >= 15 is 0 Å². The third-order valence-corrected chi connectivity index (χ3v) is 6.04. The monoisotopic (exact) mass is 414 g/mol. The molecule has 2 saturated heterocycles. The molecule has 2 N–H and O–H groups in total. The molecule has 7 heteroatoms. The quantitative estimate of drug-likeness (QED) is 0.805. The van der Waals surface area contributed by atoms with Gasteiger partial charge in [-0.15, -0.1) is 0 Å². The van der Waals surface area contributed by atoms with Crippen LogP contribution in [0.5, 0.6) is 5.75 Å². The Hall–Kier alpha value is -2.28. The molecule has 2 aromatic carbocycles. The first-order valence-electron chi connectivity index (χ1n) is 10.00. The Balaban J connectivity index is 1.35. The number of aryl methyl sites for hydroxylation is 1. The molecule has 154 valence electrons. The predicted molar refractivity (Wildman–Crippen MR) is 115 cm³/mol. The minimum Gasteiger partial charge on any atom is -0.497 e. The molecule has 2 heterocycles. The van der Waals surface area contributed by atoms with Crippen LogP contribution in [0.1, 0.15) is 23.6 Å². The van der Waals surface area contributed by atoms with Crippen molar-refractivity contribution in [2.24, 2.45) is 0 Å². The van der Waals surface area contributed by atoms with E-state index in [0.29, 0.717) is 13.1 Å². The Kier molecular flexibility index (Phi) is 5.94. The molecule has 1 amide bonds. The number of ether oxygens (including phenoxy) is 1. The van der Waals surface area contributed by atoms with E-state index in [1.807, 2.05) is 41.3 Å². The Bertz CT molecular complexity index is 883. The van der Waals surface area contributed by atoms with Crippen LogP contribution < -0.4 is 20.5 Å². The zero-order valence-corrected chi connectivity index (χ0v) is 17.6. The van der Waals surface area contributed by atoms with Gasteiger partial charge in [-0.1, -0.05) is 29.8 Å². The van der Waals surface area contributed by atoms with E-state index in [1.165, 1.54) is 5.56 Å². The lowest BCUT2D eigenvalue weighted by molar-refractivity contribution is -0.133. The minimum absolute atomic E-state index is 0.0921. The number of anilines is 1. The Morgan fingerprint density at radius 2 is 1.90 bits per heavy atom. The molecule has 2 atom stereocenters. The Morgan fingerprint density at radius 3 is 2.66 bits per heavy atom. The maximum absolute atomic E-state index is 13.0. The van der Waals surface area contributed by atoms with Gasteiger partial charge in [-0.25, -0.2) is 10.9 Å². The van der Waals surface area contributed by atoms with Gasteiger partial charge in [0.25, 0.3) is 0 Å². The summed E-state index contributed by atoms with van der Waals surface area (Å²) in [6.07, 6.45) is 0.722. The molecular weight excluding hydrogens is 388 g/mol. The van der Waals surface area contributed by atoms with Gasteiger partial charge in [0.1, 0.15) is 11.8 Å². The molecule has 0 saturated carbocycles. The van der Waals surface area contributed by atoms with Crippen molar-refractivity contribution in [3.63, 3.8) is 0 Å². The largest absolute Gasteiger partial charge is 0.497 e. The molecule has 0 aliphatic carbocycles. The summed E-state index contributed by atoms with van der Waals surface area (Å²) >= 11 is 6.17. The number of nitrogens with one attached hydrogen (secondary N) is 2. The van der Waals surface area contributed by atoms with Crippen LogP contribution >= 0.6 is 11.6 Å². The van der Waals surface area contributed by atoms with Crippen LogP contribution in [0.25, 0.3) is 0 Å². The minimum atomic E-state index is -0.217. The topological polar surface area (TPSA) is 56.8 Å². The zero-order chi connectivity index (χ0) is 20.4. The Morgan fingerprint density at radius 1 is 1.10 bits per heavy atom. The summed E-state index contributed by atoms with van der Waals surface area (Å²) in [5.41, 5.74) is 9.93. The summed E-state index contributed by atoms with van der Waals surface area (Å²) in [7, 11) is 1.66. The normalized spacial score (nSPS) is 22.0. The smallest absolute Gasteiger partial charge is 0.241 e. The lowest BCUT2D eigenvalue weighted by Crippen LogP contribution is -2.53. The van der Waals surface area contributed by atoms with Crippen molar-refractivity contribution in [2.75, 3.05) is 38.2 Å². The van der Waals surface area contributed by atoms with Crippen LogP contribution in [-0.4, -0.2) is 50.1 Å². The van der Waals surface area contributed by atoms with Gasteiger partial charge in [0.15, 0.2) is 0 Å². The zero-order valence-electron chi connectivity index (χ0n) is 16.8. The van der Waals surface area contributed by atoms with E-state index in [9.17, 15) is 4.79 Å². The molecule has 2 unspecified atom stereocenters. The number of piperazine rings is 1. The van der Waals surface area contributed by atoms with E-state index in [4.69, 9.17) is 16.3 Å². The third-order valence-electron chi connectivity index (χ3n) is 5.80. The molecule has 2 aromatic rings. The molecule has 29 heavy (non-hydrogen) atoms. The molecule has 0 spiro atoms. The summed E-state index contributed by atoms with van der Waals surface area (Å²) in [5.74, 6) is 0.983. The van der Waals surface area contributed by atoms with E-state index < -0.39 is 0 Å². The lowest BCUT2D eigenvalue weighted by atomic mass is 10.0. The SMILES string of the molecule is COc1cccc(C2CC(C(=O)N3CCN(c4cc(Cl)ccc4C)CC3)NN2)c1. The number of carbonyl (C=O) groups is 1. The molecular formula is C22H27ClN4O2. The second-order valence-electron chi connectivity index (χ2n) is 7.65. The standard InChI is InChI=1S/C22H27ClN4O2/c1-15-6-7-17(23)13-21(15)26-8-10-27(11-9-26)22(28)20-14-19(24-25-20)16-4-3-5-18(12-16)29-2/h3-7,12-13,19-20,24-25H,8-11,14H2,1-2H3. The summed E-state index contributed by atoms with van der Waals surface area (Å²) in [4.78, 5) is 17.3. The van der Waals surface area contributed by atoms with E-state index in [-0.39, 0.29) is 18.0 Å². The van der Waals surface area contributed by atoms with Crippen LogP contribution in [0.3, 0.4) is 0 Å². The average molecular weight is 415 g/mol.